The number of pyridine rings is 1. The summed E-state index contributed by atoms with van der Waals surface area (Å²) in [6.45, 7) is 14.7. The SMILES string of the molecule is C[C@H]1CCCCN1c1nnc2ccc(O[C@@H]3CC[C@H](NC(=O)Nc4cc(C(C)(C)C)nn4-c4cccc(CN5CCCN(C)CC5)c4)c4ccccc43)cn12.O=CO. The lowest BCUT2D eigenvalue weighted by atomic mass is 9.85. The van der Waals surface area contributed by atoms with Crippen LogP contribution in [-0.2, 0) is 16.8 Å². The van der Waals surface area contributed by atoms with Gasteiger partial charge in [-0.05, 0) is 107 Å². The first-order chi connectivity index (χ1) is 28.0. The normalized spacial score (nSPS) is 20.4. The highest BCUT2D eigenvalue weighted by Gasteiger charge is 2.31. The third-order valence-corrected chi connectivity index (χ3v) is 11.5. The van der Waals surface area contributed by atoms with Crippen molar-refractivity contribution >= 4 is 29.9 Å². The van der Waals surface area contributed by atoms with E-state index in [9.17, 15) is 4.79 Å². The van der Waals surface area contributed by atoms with E-state index in [0.29, 0.717) is 11.9 Å². The van der Waals surface area contributed by atoms with Gasteiger partial charge in [-0.3, -0.25) is 19.4 Å². The summed E-state index contributed by atoms with van der Waals surface area (Å²) in [4.78, 5) is 29.5. The molecule has 0 saturated carbocycles. The van der Waals surface area contributed by atoms with Crippen LogP contribution < -0.4 is 20.3 Å². The molecule has 3 N–H and O–H groups in total. The van der Waals surface area contributed by atoms with Gasteiger partial charge in [0.15, 0.2) is 5.65 Å². The molecule has 3 aliphatic rings. The standard InChI is InChI=1S/C43H56N10O2.CH2O2/c1-30-12-8-9-23-51(30)42-47-46-39-20-17-33(29-52(39)42)55-37-19-18-36(34-15-6-7-16-35(34)37)44-41(54)45-40-27-38(43(2,3)4)48-53(40)32-14-10-13-31(26-32)28-50-22-11-21-49(5)24-25-50;2-1-3/h6-7,10,13-17,20,26-27,29-30,36-37H,8-9,11-12,18-19,21-25,28H2,1-5H3,(H2,44,45,54);1H,(H,2,3)/t30-,36-,37+;/m0./s1. The Labute approximate surface area is 341 Å². The van der Waals surface area contributed by atoms with Gasteiger partial charge in [0.1, 0.15) is 17.7 Å². The van der Waals surface area contributed by atoms with Crippen molar-refractivity contribution < 1.29 is 19.4 Å². The second-order valence-electron chi connectivity index (χ2n) is 16.9. The van der Waals surface area contributed by atoms with E-state index < -0.39 is 0 Å². The number of hydrogen-bond acceptors (Lipinski definition) is 9. The van der Waals surface area contributed by atoms with Gasteiger partial charge in [0.2, 0.25) is 5.95 Å². The van der Waals surface area contributed by atoms with Crippen LogP contribution in [0.1, 0.15) is 101 Å². The zero-order chi connectivity index (χ0) is 40.8. The number of carboxylic acid groups (broad SMARTS) is 1. The molecule has 58 heavy (non-hydrogen) atoms. The van der Waals surface area contributed by atoms with Crippen LogP contribution in [0.4, 0.5) is 16.6 Å². The lowest BCUT2D eigenvalue weighted by Crippen LogP contribution is -2.38. The Morgan fingerprint density at radius 2 is 1.72 bits per heavy atom. The first-order valence-corrected chi connectivity index (χ1v) is 20.6. The van der Waals surface area contributed by atoms with E-state index >= 15 is 0 Å². The Balaban J connectivity index is 0.00000166. The van der Waals surface area contributed by atoms with Crippen LogP contribution in [0.2, 0.25) is 0 Å². The average Bonchev–Trinajstić information content (AvgIpc) is 3.77. The van der Waals surface area contributed by atoms with E-state index in [1.54, 1.807) is 0 Å². The van der Waals surface area contributed by atoms with Gasteiger partial charge in [-0.25, -0.2) is 9.48 Å². The fourth-order valence-electron chi connectivity index (χ4n) is 8.35. The molecule has 0 radical (unpaired) electrons. The minimum atomic E-state index is -0.261. The van der Waals surface area contributed by atoms with Gasteiger partial charge in [0.05, 0.1) is 23.6 Å². The molecule has 5 heterocycles. The number of hydrogen-bond donors (Lipinski definition) is 3. The quantitative estimate of drug-likeness (QED) is 0.138. The summed E-state index contributed by atoms with van der Waals surface area (Å²) < 4.78 is 10.6. The van der Waals surface area contributed by atoms with Crippen LogP contribution >= 0.6 is 0 Å². The number of urea groups is 1. The van der Waals surface area contributed by atoms with E-state index in [-0.39, 0.29) is 30.1 Å². The minimum Gasteiger partial charge on any atom is -0.484 e. The van der Waals surface area contributed by atoms with Gasteiger partial charge >= 0.3 is 6.03 Å². The Morgan fingerprint density at radius 3 is 2.52 bits per heavy atom. The molecule has 14 heteroatoms. The maximum Gasteiger partial charge on any atom is 0.320 e. The van der Waals surface area contributed by atoms with Crippen molar-refractivity contribution in [3.63, 3.8) is 0 Å². The van der Waals surface area contributed by atoms with Crippen molar-refractivity contribution in [2.45, 2.75) is 96.4 Å². The highest BCUT2D eigenvalue weighted by Crippen LogP contribution is 2.39. The van der Waals surface area contributed by atoms with Gasteiger partial charge in [0, 0.05) is 43.7 Å². The van der Waals surface area contributed by atoms with E-state index in [1.807, 2.05) is 41.2 Å². The molecule has 14 nitrogen and oxygen atoms in total. The number of amides is 2. The zero-order valence-corrected chi connectivity index (χ0v) is 34.5. The van der Waals surface area contributed by atoms with Crippen molar-refractivity contribution in [3.8, 4) is 11.4 Å². The molecule has 8 rings (SSSR count). The Kier molecular flexibility index (Phi) is 12.6. The number of piperidine rings is 1. The Hall–Kier alpha value is -5.47. The molecule has 0 spiro atoms. The lowest BCUT2D eigenvalue weighted by molar-refractivity contribution is -0.122. The first kappa shape index (κ1) is 40.7. The van der Waals surface area contributed by atoms with Crippen LogP contribution in [0.3, 0.4) is 0 Å². The number of aromatic nitrogens is 5. The predicted octanol–water partition coefficient (Wildman–Crippen LogP) is 7.21. The van der Waals surface area contributed by atoms with Gasteiger partial charge in [0.25, 0.3) is 6.47 Å². The molecular weight excluding hydrogens is 733 g/mol. The van der Waals surface area contributed by atoms with Gasteiger partial charge in [-0.15, -0.1) is 10.2 Å². The number of benzene rings is 2. The van der Waals surface area contributed by atoms with Crippen LogP contribution in [-0.4, -0.2) is 97.6 Å². The molecule has 1 aliphatic carbocycles. The summed E-state index contributed by atoms with van der Waals surface area (Å²) in [5, 5.41) is 27.4. The third-order valence-electron chi connectivity index (χ3n) is 11.5. The molecule has 2 saturated heterocycles. The molecule has 0 unspecified atom stereocenters. The highest BCUT2D eigenvalue weighted by atomic mass is 16.5. The van der Waals surface area contributed by atoms with Gasteiger partial charge in [-0.2, -0.15) is 5.10 Å². The summed E-state index contributed by atoms with van der Waals surface area (Å²) >= 11 is 0. The van der Waals surface area contributed by atoms with Crippen molar-refractivity contribution in [2.75, 3.05) is 50.0 Å². The molecule has 2 fully saturated rings. The van der Waals surface area contributed by atoms with Crippen molar-refractivity contribution in [3.05, 3.63) is 95.3 Å². The Bertz CT molecular complexity index is 2180. The summed E-state index contributed by atoms with van der Waals surface area (Å²) in [5.74, 6) is 2.29. The number of rotatable bonds is 8. The average molecular weight is 791 g/mol. The van der Waals surface area contributed by atoms with Gasteiger partial charge < -0.3 is 25.0 Å². The Morgan fingerprint density at radius 1 is 0.914 bits per heavy atom. The van der Waals surface area contributed by atoms with Crippen LogP contribution in [0.5, 0.6) is 5.75 Å². The molecule has 3 aromatic heterocycles. The maximum atomic E-state index is 13.9. The number of carbonyl (C=O) groups excluding carboxylic acids is 1. The number of anilines is 2. The first-order valence-electron chi connectivity index (χ1n) is 20.6. The second kappa shape index (κ2) is 18.0. The summed E-state index contributed by atoms with van der Waals surface area (Å²) in [7, 11) is 2.20. The number of nitrogens with zero attached hydrogens (tertiary/aromatic N) is 8. The predicted molar refractivity (Wildman–Crippen MR) is 226 cm³/mol. The number of fused-ring (bicyclic) bond motifs is 2. The fraction of sp³-hybridized carbons (Fsp3) is 0.477. The van der Waals surface area contributed by atoms with E-state index in [2.05, 4.69) is 111 Å². The molecule has 5 aromatic rings. The number of nitrogens with one attached hydrogen (secondary N) is 2. The smallest absolute Gasteiger partial charge is 0.320 e. The monoisotopic (exact) mass is 790 g/mol. The largest absolute Gasteiger partial charge is 0.484 e. The zero-order valence-electron chi connectivity index (χ0n) is 34.5. The molecule has 2 aromatic carbocycles. The molecular formula is C44H58N10O4. The summed E-state index contributed by atoms with van der Waals surface area (Å²) in [6.07, 6.45) is 8.10. The van der Waals surface area contributed by atoms with Crippen molar-refractivity contribution in [2.24, 2.45) is 0 Å². The second-order valence-corrected chi connectivity index (χ2v) is 16.9. The van der Waals surface area contributed by atoms with E-state index in [0.717, 1.165) is 105 Å². The summed E-state index contributed by atoms with van der Waals surface area (Å²) in [6, 6.07) is 22.8. The minimum absolute atomic E-state index is 0.151. The summed E-state index contributed by atoms with van der Waals surface area (Å²) in [5.41, 5.74) is 5.84. The molecule has 2 aliphatic heterocycles. The molecule has 0 bridgehead atoms. The topological polar surface area (TPSA) is 145 Å². The number of carbonyl (C=O) groups is 2. The van der Waals surface area contributed by atoms with Crippen LogP contribution in [0.15, 0.2) is 72.9 Å². The molecule has 3 atom stereocenters. The molecule has 308 valence electrons. The van der Waals surface area contributed by atoms with E-state index in [4.69, 9.17) is 19.7 Å². The van der Waals surface area contributed by atoms with E-state index in [1.165, 1.54) is 18.4 Å². The fourth-order valence-corrected chi connectivity index (χ4v) is 8.35. The highest BCUT2D eigenvalue weighted by molar-refractivity contribution is 5.89. The third kappa shape index (κ3) is 9.45. The lowest BCUT2D eigenvalue weighted by Gasteiger charge is -2.33. The molecule has 2 amide bonds. The maximum absolute atomic E-state index is 13.9. The van der Waals surface area contributed by atoms with Crippen molar-refractivity contribution in [1.29, 1.82) is 0 Å². The number of likely N-dealkylation sites (N-methyl/N-ethyl adjacent to an activating group) is 1. The van der Waals surface area contributed by atoms with Crippen LogP contribution in [0.25, 0.3) is 11.3 Å². The van der Waals surface area contributed by atoms with Crippen LogP contribution in [0, 0.1) is 0 Å². The number of ether oxygens (including phenoxy) is 1. The van der Waals surface area contributed by atoms with Crippen molar-refractivity contribution in [1.82, 2.24) is 39.5 Å². The van der Waals surface area contributed by atoms with Gasteiger partial charge in [-0.1, -0.05) is 57.2 Å².